The van der Waals surface area contributed by atoms with E-state index in [0.29, 0.717) is 11.8 Å². The molecule has 0 spiro atoms. The summed E-state index contributed by atoms with van der Waals surface area (Å²) in [4.78, 5) is 4.83. The van der Waals surface area contributed by atoms with E-state index < -0.39 is 0 Å². The number of aryl methyl sites for hydroxylation is 1. The van der Waals surface area contributed by atoms with Crippen molar-refractivity contribution in [2.75, 3.05) is 0 Å². The molecule has 18 heavy (non-hydrogen) atoms. The maximum Gasteiger partial charge on any atom is 0.0877 e. The van der Waals surface area contributed by atoms with Gasteiger partial charge in [0.25, 0.3) is 0 Å². The Bertz CT molecular complexity index is 463. The van der Waals surface area contributed by atoms with Crippen molar-refractivity contribution in [3.8, 4) is 0 Å². The molecule has 0 N–H and O–H groups in total. The third-order valence-corrected chi connectivity index (χ3v) is 4.00. The van der Waals surface area contributed by atoms with Crippen LogP contribution in [0.25, 0.3) is 0 Å². The number of rotatable bonds is 2. The Kier molecular flexibility index (Phi) is 3.50. The van der Waals surface area contributed by atoms with Crippen LogP contribution in [0.4, 0.5) is 0 Å². The first-order valence-corrected chi connectivity index (χ1v) is 7.00. The van der Waals surface area contributed by atoms with Crippen LogP contribution in [0, 0.1) is 19.8 Å². The van der Waals surface area contributed by atoms with Gasteiger partial charge in [-0.2, -0.15) is 0 Å². The zero-order chi connectivity index (χ0) is 13.6. The maximum absolute atomic E-state index is 6.18. The number of hydrogen-bond donors (Lipinski definition) is 0. The van der Waals surface area contributed by atoms with Gasteiger partial charge in [0, 0.05) is 17.0 Å². The molecule has 2 heterocycles. The van der Waals surface area contributed by atoms with E-state index in [9.17, 15) is 0 Å². The molecule has 0 saturated carbocycles. The Morgan fingerprint density at radius 2 is 1.67 bits per heavy atom. The van der Waals surface area contributed by atoms with Crippen LogP contribution in [-0.2, 0) is 4.74 Å². The number of ether oxygens (including phenoxy) is 1. The summed E-state index contributed by atoms with van der Waals surface area (Å²) in [6.07, 6.45) is 0.408. The van der Waals surface area contributed by atoms with E-state index in [4.69, 9.17) is 9.72 Å². The van der Waals surface area contributed by atoms with Gasteiger partial charge in [-0.1, -0.05) is 27.7 Å². The average Bonchev–Trinajstić information content (AvgIpc) is 2.61. The third kappa shape index (κ3) is 1.97. The smallest absolute Gasteiger partial charge is 0.0877 e. The van der Waals surface area contributed by atoms with Crippen LogP contribution in [0.2, 0.25) is 0 Å². The van der Waals surface area contributed by atoms with Gasteiger partial charge in [-0.15, -0.1) is 0 Å². The van der Waals surface area contributed by atoms with Gasteiger partial charge in [-0.3, -0.25) is 4.98 Å². The van der Waals surface area contributed by atoms with Gasteiger partial charge in [-0.05, 0) is 43.7 Å². The normalized spacial score (nSPS) is 22.9. The molecule has 100 valence electrons. The predicted molar refractivity (Wildman–Crippen MR) is 74.9 cm³/mol. The molecule has 0 bridgehead atoms. The molecular formula is C16H25NO. The van der Waals surface area contributed by atoms with Crippen LogP contribution in [0.1, 0.15) is 80.8 Å². The topological polar surface area (TPSA) is 22.1 Å². The lowest BCUT2D eigenvalue weighted by molar-refractivity contribution is -0.00510. The van der Waals surface area contributed by atoms with Crippen LogP contribution in [0.15, 0.2) is 0 Å². The van der Waals surface area contributed by atoms with Crippen LogP contribution in [0.5, 0.6) is 0 Å². The van der Waals surface area contributed by atoms with Crippen molar-refractivity contribution < 1.29 is 4.74 Å². The van der Waals surface area contributed by atoms with Gasteiger partial charge in [-0.25, -0.2) is 0 Å². The van der Waals surface area contributed by atoms with Gasteiger partial charge in [0.05, 0.1) is 12.2 Å². The van der Waals surface area contributed by atoms with E-state index in [0.717, 1.165) is 5.69 Å². The molecule has 2 nitrogen and oxygen atoms in total. The number of pyridine rings is 1. The summed E-state index contributed by atoms with van der Waals surface area (Å²) in [5, 5.41) is 0. The van der Waals surface area contributed by atoms with E-state index in [2.05, 4.69) is 48.5 Å². The minimum Gasteiger partial charge on any atom is -0.366 e. The Hall–Kier alpha value is -0.890. The van der Waals surface area contributed by atoms with Crippen molar-refractivity contribution in [2.45, 2.75) is 66.6 Å². The van der Waals surface area contributed by atoms with Crippen molar-refractivity contribution in [1.29, 1.82) is 0 Å². The first kappa shape index (κ1) is 13.5. The average molecular weight is 247 g/mol. The monoisotopic (exact) mass is 247 g/mol. The zero-order valence-electron chi connectivity index (χ0n) is 12.7. The van der Waals surface area contributed by atoms with Gasteiger partial charge in [0.2, 0.25) is 0 Å². The highest BCUT2D eigenvalue weighted by Crippen LogP contribution is 2.47. The lowest BCUT2D eigenvalue weighted by Gasteiger charge is -2.20. The SMILES string of the molecule is Cc1nc(C(C)C)c2c(c1C)[C@H](C)OC2C(C)C. The first-order valence-electron chi connectivity index (χ1n) is 7.00. The predicted octanol–water partition coefficient (Wildman–Crippen LogP) is 4.61. The molecule has 0 aromatic carbocycles. The Morgan fingerprint density at radius 3 is 2.17 bits per heavy atom. The minimum absolute atomic E-state index is 0.201. The van der Waals surface area contributed by atoms with E-state index >= 15 is 0 Å². The molecule has 2 atom stereocenters. The lowest BCUT2D eigenvalue weighted by atomic mass is 9.88. The summed E-state index contributed by atoms with van der Waals surface area (Å²) in [6.45, 7) is 15.3. The highest BCUT2D eigenvalue weighted by atomic mass is 16.5. The van der Waals surface area contributed by atoms with Gasteiger partial charge >= 0.3 is 0 Å². The molecule has 1 unspecified atom stereocenters. The Balaban J connectivity index is 2.70. The Labute approximate surface area is 111 Å². The van der Waals surface area contributed by atoms with E-state index in [-0.39, 0.29) is 12.2 Å². The van der Waals surface area contributed by atoms with Crippen molar-refractivity contribution in [1.82, 2.24) is 4.98 Å². The molecule has 2 heteroatoms. The standard InChI is InChI=1S/C16H25NO/c1-8(2)15-14-13(10(5)11(6)17-15)12(7)18-16(14)9(3)4/h8-9,12,16H,1-7H3/t12-,16?/m0/s1. The zero-order valence-corrected chi connectivity index (χ0v) is 12.7. The van der Waals surface area contributed by atoms with E-state index in [1.165, 1.54) is 22.4 Å². The molecule has 2 rings (SSSR count). The highest BCUT2D eigenvalue weighted by Gasteiger charge is 2.36. The van der Waals surface area contributed by atoms with Gasteiger partial charge in [0.1, 0.15) is 0 Å². The molecule has 0 amide bonds. The summed E-state index contributed by atoms with van der Waals surface area (Å²) in [6, 6.07) is 0. The fourth-order valence-corrected chi connectivity index (χ4v) is 2.97. The van der Waals surface area contributed by atoms with E-state index in [1.807, 2.05) is 0 Å². The largest absolute Gasteiger partial charge is 0.366 e. The summed E-state index contributed by atoms with van der Waals surface area (Å²) in [5.74, 6) is 0.948. The Morgan fingerprint density at radius 1 is 1.06 bits per heavy atom. The van der Waals surface area contributed by atoms with Gasteiger partial charge < -0.3 is 4.74 Å². The molecule has 1 aromatic rings. The quantitative estimate of drug-likeness (QED) is 0.761. The highest BCUT2D eigenvalue weighted by molar-refractivity contribution is 5.46. The molecular weight excluding hydrogens is 222 g/mol. The molecule has 0 aliphatic carbocycles. The second-order valence-corrected chi connectivity index (χ2v) is 6.13. The second kappa shape index (κ2) is 4.65. The molecule has 0 saturated heterocycles. The fourth-order valence-electron chi connectivity index (χ4n) is 2.97. The number of fused-ring (bicyclic) bond motifs is 1. The van der Waals surface area contributed by atoms with E-state index in [1.54, 1.807) is 0 Å². The lowest BCUT2D eigenvalue weighted by Crippen LogP contribution is -2.11. The van der Waals surface area contributed by atoms with Crippen molar-refractivity contribution >= 4 is 0 Å². The summed E-state index contributed by atoms with van der Waals surface area (Å²) in [7, 11) is 0. The molecule has 1 aliphatic rings. The second-order valence-electron chi connectivity index (χ2n) is 6.13. The van der Waals surface area contributed by atoms with Crippen molar-refractivity contribution in [2.24, 2.45) is 5.92 Å². The van der Waals surface area contributed by atoms with Crippen LogP contribution in [-0.4, -0.2) is 4.98 Å². The van der Waals surface area contributed by atoms with Crippen molar-refractivity contribution in [3.63, 3.8) is 0 Å². The van der Waals surface area contributed by atoms with Crippen LogP contribution in [0.3, 0.4) is 0 Å². The fraction of sp³-hybridized carbons (Fsp3) is 0.688. The van der Waals surface area contributed by atoms with Gasteiger partial charge in [0.15, 0.2) is 0 Å². The summed E-state index contributed by atoms with van der Waals surface area (Å²) >= 11 is 0. The number of hydrogen-bond acceptors (Lipinski definition) is 2. The summed E-state index contributed by atoms with van der Waals surface area (Å²) in [5.41, 5.74) is 6.46. The maximum atomic E-state index is 6.18. The third-order valence-electron chi connectivity index (χ3n) is 4.00. The minimum atomic E-state index is 0.201. The van der Waals surface area contributed by atoms with Crippen LogP contribution >= 0.6 is 0 Å². The number of nitrogens with zero attached hydrogens (tertiary/aromatic N) is 1. The molecule has 1 aliphatic heterocycles. The number of aromatic nitrogens is 1. The molecule has 0 fully saturated rings. The summed E-state index contributed by atoms with van der Waals surface area (Å²) < 4.78 is 6.18. The van der Waals surface area contributed by atoms with Crippen molar-refractivity contribution in [3.05, 3.63) is 28.1 Å². The molecule has 1 aromatic heterocycles. The molecule has 0 radical (unpaired) electrons. The first-order chi connectivity index (χ1) is 8.34. The van der Waals surface area contributed by atoms with Crippen LogP contribution < -0.4 is 0 Å².